The van der Waals surface area contributed by atoms with Crippen molar-refractivity contribution in [3.8, 4) is 0 Å². The van der Waals surface area contributed by atoms with Crippen LogP contribution in [-0.4, -0.2) is 48.8 Å². The number of anilines is 1. The number of benzene rings is 1. The Bertz CT molecular complexity index is 649. The Morgan fingerprint density at radius 1 is 0.923 bits per heavy atom. The zero-order valence-corrected chi connectivity index (χ0v) is 15.2. The van der Waals surface area contributed by atoms with E-state index >= 15 is 0 Å². The second-order valence-corrected chi connectivity index (χ2v) is 7.00. The maximum absolute atomic E-state index is 12.2. The van der Waals surface area contributed by atoms with Gasteiger partial charge in [0.15, 0.2) is 0 Å². The van der Waals surface area contributed by atoms with Crippen molar-refractivity contribution in [1.29, 1.82) is 0 Å². The van der Waals surface area contributed by atoms with Crippen molar-refractivity contribution >= 4 is 23.4 Å². The van der Waals surface area contributed by atoms with E-state index in [1.165, 1.54) is 12.8 Å². The Morgan fingerprint density at radius 3 is 2.23 bits per heavy atom. The first-order chi connectivity index (χ1) is 12.6. The molecule has 0 unspecified atom stereocenters. The average molecular weight is 357 g/mol. The van der Waals surface area contributed by atoms with Gasteiger partial charge in [0.25, 0.3) is 5.91 Å². The Labute approximate surface area is 154 Å². The molecule has 6 nitrogen and oxygen atoms in total. The molecule has 2 saturated heterocycles. The number of nitrogens with one attached hydrogen (secondary N) is 1. The lowest BCUT2D eigenvalue weighted by Gasteiger charge is -2.20. The third-order valence-corrected chi connectivity index (χ3v) is 5.10. The molecule has 0 saturated carbocycles. The largest absolute Gasteiger partial charge is 0.352 e. The van der Waals surface area contributed by atoms with Crippen LogP contribution in [-0.2, 0) is 9.59 Å². The number of carbonyl (C=O) groups excluding carboxylic acids is 3. The fourth-order valence-electron chi connectivity index (χ4n) is 3.58. The number of nitrogens with zero attached hydrogens (tertiary/aromatic N) is 2. The van der Waals surface area contributed by atoms with Gasteiger partial charge < -0.3 is 15.1 Å². The van der Waals surface area contributed by atoms with Crippen LogP contribution in [0.3, 0.4) is 0 Å². The summed E-state index contributed by atoms with van der Waals surface area (Å²) < 4.78 is 0. The lowest BCUT2D eigenvalue weighted by atomic mass is 10.2. The quantitative estimate of drug-likeness (QED) is 0.879. The summed E-state index contributed by atoms with van der Waals surface area (Å²) in [4.78, 5) is 39.9. The Hall–Kier alpha value is -2.37. The minimum Gasteiger partial charge on any atom is -0.352 e. The molecule has 1 aromatic carbocycles. The van der Waals surface area contributed by atoms with Crippen LogP contribution in [0.15, 0.2) is 24.3 Å². The standard InChI is InChI=1S/C20H27N3O3/c24-18(22-13-3-1-2-4-14-22)11-12-21-20(26)16-7-9-17(10-8-16)23-15-5-6-19(23)25/h7-10H,1-6,11-15H2,(H,21,26). The summed E-state index contributed by atoms with van der Waals surface area (Å²) in [5.41, 5.74) is 1.38. The fourth-order valence-corrected chi connectivity index (χ4v) is 3.58. The van der Waals surface area contributed by atoms with Crippen LogP contribution in [0.1, 0.15) is 55.3 Å². The molecule has 140 valence electrons. The lowest BCUT2D eigenvalue weighted by molar-refractivity contribution is -0.131. The normalized spacial score (nSPS) is 17.9. The number of carbonyl (C=O) groups is 3. The van der Waals surface area contributed by atoms with E-state index in [0.29, 0.717) is 24.9 Å². The topological polar surface area (TPSA) is 69.7 Å². The van der Waals surface area contributed by atoms with Crippen molar-refractivity contribution in [2.24, 2.45) is 0 Å². The van der Waals surface area contributed by atoms with Crippen LogP contribution in [0, 0.1) is 0 Å². The second kappa shape index (κ2) is 8.83. The molecule has 3 rings (SSSR count). The summed E-state index contributed by atoms with van der Waals surface area (Å²) in [6, 6.07) is 7.07. The zero-order chi connectivity index (χ0) is 18.4. The lowest BCUT2D eigenvalue weighted by Crippen LogP contribution is -2.35. The van der Waals surface area contributed by atoms with Gasteiger partial charge in [-0.05, 0) is 43.5 Å². The molecule has 2 fully saturated rings. The molecule has 0 bridgehead atoms. The Morgan fingerprint density at radius 2 is 1.62 bits per heavy atom. The monoisotopic (exact) mass is 357 g/mol. The third-order valence-electron chi connectivity index (χ3n) is 5.10. The van der Waals surface area contributed by atoms with E-state index in [1.807, 2.05) is 4.90 Å². The van der Waals surface area contributed by atoms with E-state index in [1.54, 1.807) is 29.2 Å². The van der Waals surface area contributed by atoms with Crippen molar-refractivity contribution in [1.82, 2.24) is 10.2 Å². The predicted molar refractivity (Wildman–Crippen MR) is 100 cm³/mol. The molecule has 2 aliphatic rings. The Kier molecular flexibility index (Phi) is 6.26. The molecule has 26 heavy (non-hydrogen) atoms. The number of amides is 3. The molecule has 2 aliphatic heterocycles. The van der Waals surface area contributed by atoms with Gasteiger partial charge >= 0.3 is 0 Å². The van der Waals surface area contributed by atoms with E-state index in [2.05, 4.69) is 5.32 Å². The van der Waals surface area contributed by atoms with Gasteiger partial charge in [0.2, 0.25) is 11.8 Å². The summed E-state index contributed by atoms with van der Waals surface area (Å²) in [6.45, 7) is 2.76. The first-order valence-corrected chi connectivity index (χ1v) is 9.61. The van der Waals surface area contributed by atoms with Gasteiger partial charge in [-0.2, -0.15) is 0 Å². The summed E-state index contributed by atoms with van der Waals surface area (Å²) in [5.74, 6) is 0.0669. The SMILES string of the molecule is O=C(NCCC(=O)N1CCCCCC1)c1ccc(N2CCCC2=O)cc1. The van der Waals surface area contributed by atoms with Gasteiger partial charge in [-0.3, -0.25) is 14.4 Å². The molecule has 0 aromatic heterocycles. The summed E-state index contributed by atoms with van der Waals surface area (Å²) >= 11 is 0. The molecule has 0 aliphatic carbocycles. The molecule has 6 heteroatoms. The molecule has 3 amide bonds. The first-order valence-electron chi connectivity index (χ1n) is 9.61. The van der Waals surface area contributed by atoms with Gasteiger partial charge in [-0.1, -0.05) is 12.8 Å². The van der Waals surface area contributed by atoms with Crippen molar-refractivity contribution in [2.45, 2.75) is 44.9 Å². The number of rotatable bonds is 5. The van der Waals surface area contributed by atoms with Crippen LogP contribution in [0.25, 0.3) is 0 Å². The van der Waals surface area contributed by atoms with E-state index in [9.17, 15) is 14.4 Å². The number of hydrogen-bond donors (Lipinski definition) is 1. The molecule has 0 radical (unpaired) electrons. The Balaban J connectivity index is 1.45. The highest BCUT2D eigenvalue weighted by Gasteiger charge is 2.21. The molecule has 0 atom stereocenters. The number of hydrogen-bond acceptors (Lipinski definition) is 3. The maximum Gasteiger partial charge on any atom is 0.251 e. The van der Waals surface area contributed by atoms with Crippen molar-refractivity contribution in [3.63, 3.8) is 0 Å². The maximum atomic E-state index is 12.2. The summed E-state index contributed by atoms with van der Waals surface area (Å²) in [6.07, 6.45) is 6.35. The summed E-state index contributed by atoms with van der Waals surface area (Å²) in [5, 5.41) is 2.82. The van der Waals surface area contributed by atoms with E-state index in [-0.39, 0.29) is 17.7 Å². The first kappa shape index (κ1) is 18.4. The van der Waals surface area contributed by atoms with Gasteiger partial charge in [-0.15, -0.1) is 0 Å². The van der Waals surface area contributed by atoms with Gasteiger partial charge in [0.1, 0.15) is 0 Å². The smallest absolute Gasteiger partial charge is 0.251 e. The molecule has 0 spiro atoms. The van der Waals surface area contributed by atoms with Crippen LogP contribution in [0.4, 0.5) is 5.69 Å². The van der Waals surface area contributed by atoms with Crippen LogP contribution >= 0.6 is 0 Å². The fraction of sp³-hybridized carbons (Fsp3) is 0.550. The van der Waals surface area contributed by atoms with E-state index < -0.39 is 0 Å². The van der Waals surface area contributed by atoms with Crippen LogP contribution in [0.5, 0.6) is 0 Å². The van der Waals surface area contributed by atoms with Gasteiger partial charge in [0, 0.05) is 50.3 Å². The summed E-state index contributed by atoms with van der Waals surface area (Å²) in [7, 11) is 0. The molecule has 2 heterocycles. The van der Waals surface area contributed by atoms with Gasteiger partial charge in [0.05, 0.1) is 0 Å². The highest BCUT2D eigenvalue weighted by molar-refractivity contribution is 5.97. The van der Waals surface area contributed by atoms with Gasteiger partial charge in [-0.25, -0.2) is 0 Å². The highest BCUT2D eigenvalue weighted by atomic mass is 16.2. The third kappa shape index (κ3) is 4.62. The van der Waals surface area contributed by atoms with E-state index in [0.717, 1.165) is 44.6 Å². The molecular formula is C20H27N3O3. The minimum atomic E-state index is -0.187. The van der Waals surface area contributed by atoms with Crippen LogP contribution < -0.4 is 10.2 Å². The number of likely N-dealkylation sites (tertiary alicyclic amines) is 1. The van der Waals surface area contributed by atoms with Crippen molar-refractivity contribution in [2.75, 3.05) is 31.1 Å². The second-order valence-electron chi connectivity index (χ2n) is 7.00. The minimum absolute atomic E-state index is 0.120. The van der Waals surface area contributed by atoms with Crippen molar-refractivity contribution < 1.29 is 14.4 Å². The van der Waals surface area contributed by atoms with Crippen LogP contribution in [0.2, 0.25) is 0 Å². The zero-order valence-electron chi connectivity index (χ0n) is 15.2. The average Bonchev–Trinajstić information content (AvgIpc) is 2.91. The van der Waals surface area contributed by atoms with Crippen molar-refractivity contribution in [3.05, 3.63) is 29.8 Å². The van der Waals surface area contributed by atoms with E-state index in [4.69, 9.17) is 0 Å². The molecular weight excluding hydrogens is 330 g/mol. The molecule has 1 aromatic rings. The highest BCUT2D eigenvalue weighted by Crippen LogP contribution is 2.21. The predicted octanol–water partition coefficient (Wildman–Crippen LogP) is 2.34. The molecule has 1 N–H and O–H groups in total.